The maximum Gasteiger partial charge on any atom is 0.298 e. The third-order valence-electron chi connectivity index (χ3n) is 4.73. The highest BCUT2D eigenvalue weighted by Crippen LogP contribution is 2.33. The fraction of sp³-hybridized carbons (Fsp3) is 0.167. The van der Waals surface area contributed by atoms with Crippen molar-refractivity contribution < 1.29 is 19.0 Å². The van der Waals surface area contributed by atoms with Crippen LogP contribution in [-0.4, -0.2) is 34.5 Å². The molecule has 0 aliphatic heterocycles. The van der Waals surface area contributed by atoms with Crippen molar-refractivity contribution >= 4 is 17.4 Å². The highest BCUT2D eigenvalue weighted by molar-refractivity contribution is 7.07. The van der Waals surface area contributed by atoms with Gasteiger partial charge >= 0.3 is 0 Å². The van der Waals surface area contributed by atoms with Gasteiger partial charge in [-0.25, -0.2) is 0 Å². The Morgan fingerprint density at radius 2 is 1.91 bits per heavy atom. The van der Waals surface area contributed by atoms with Gasteiger partial charge in [-0.05, 0) is 48.0 Å². The molecule has 0 unspecified atom stereocenters. The molecule has 0 bridgehead atoms. The van der Waals surface area contributed by atoms with E-state index < -0.39 is 0 Å². The highest BCUT2D eigenvalue weighted by atomic mass is 32.1. The van der Waals surface area contributed by atoms with E-state index in [1.807, 2.05) is 42.5 Å². The number of methoxy groups -OCH3 is 2. The minimum Gasteiger partial charge on any atom is -0.497 e. The van der Waals surface area contributed by atoms with Gasteiger partial charge in [-0.3, -0.25) is 9.78 Å². The summed E-state index contributed by atoms with van der Waals surface area (Å²) in [6.45, 7) is 0.325. The molecule has 2 aromatic carbocycles. The van der Waals surface area contributed by atoms with Crippen LogP contribution in [0.5, 0.6) is 22.4 Å². The lowest BCUT2D eigenvalue weighted by Crippen LogP contribution is -2.23. The lowest BCUT2D eigenvalue weighted by Gasteiger charge is -2.10. The zero-order chi connectivity index (χ0) is 23.0. The Morgan fingerprint density at radius 1 is 1.00 bits per heavy atom. The molecule has 2 heterocycles. The minimum atomic E-state index is -0.246. The molecule has 1 N–H and O–H groups in total. The summed E-state index contributed by atoms with van der Waals surface area (Å²) in [5.41, 5.74) is 2.24. The number of ether oxygens (including phenoxy) is 3. The summed E-state index contributed by atoms with van der Waals surface area (Å²) in [7, 11) is 3.17. The van der Waals surface area contributed by atoms with Gasteiger partial charge in [0.25, 0.3) is 11.1 Å². The molecule has 2 aromatic heterocycles. The first kappa shape index (κ1) is 22.2. The topological polar surface area (TPSA) is 95.5 Å². The summed E-state index contributed by atoms with van der Waals surface area (Å²) >= 11 is 1.14. The van der Waals surface area contributed by atoms with Crippen molar-refractivity contribution in [3.8, 4) is 22.4 Å². The number of benzene rings is 2. The van der Waals surface area contributed by atoms with E-state index in [1.165, 1.54) is 7.11 Å². The zero-order valence-electron chi connectivity index (χ0n) is 18.1. The van der Waals surface area contributed by atoms with Crippen LogP contribution < -0.4 is 19.5 Å². The molecule has 0 aliphatic carbocycles. The maximum atomic E-state index is 12.6. The van der Waals surface area contributed by atoms with E-state index in [1.54, 1.807) is 31.5 Å². The van der Waals surface area contributed by atoms with E-state index in [-0.39, 0.29) is 5.91 Å². The molecule has 0 spiro atoms. The molecular formula is C24H22N4O4S. The molecule has 4 rings (SSSR count). The molecule has 33 heavy (non-hydrogen) atoms. The summed E-state index contributed by atoms with van der Waals surface area (Å²) in [5.74, 6) is 2.03. The number of nitrogens with zero attached hydrogens (tertiary/aromatic N) is 3. The van der Waals surface area contributed by atoms with Crippen LogP contribution in [0.1, 0.15) is 27.4 Å². The lowest BCUT2D eigenvalue weighted by atomic mass is 10.1. The van der Waals surface area contributed by atoms with E-state index in [0.29, 0.717) is 41.0 Å². The summed E-state index contributed by atoms with van der Waals surface area (Å²) in [6.07, 6.45) is 2.23. The number of aromatic nitrogens is 3. The normalized spacial score (nSPS) is 10.5. The van der Waals surface area contributed by atoms with Crippen LogP contribution in [0.25, 0.3) is 0 Å². The highest BCUT2D eigenvalue weighted by Gasteiger charge is 2.15. The van der Waals surface area contributed by atoms with Crippen LogP contribution >= 0.6 is 11.5 Å². The van der Waals surface area contributed by atoms with Gasteiger partial charge in [0, 0.05) is 29.7 Å². The van der Waals surface area contributed by atoms with Gasteiger partial charge < -0.3 is 19.5 Å². The molecule has 0 atom stereocenters. The van der Waals surface area contributed by atoms with Gasteiger partial charge in [0.15, 0.2) is 17.3 Å². The van der Waals surface area contributed by atoms with Crippen molar-refractivity contribution in [1.29, 1.82) is 0 Å². The Hall–Kier alpha value is -3.98. The summed E-state index contributed by atoms with van der Waals surface area (Å²) in [6, 6.07) is 18.3. The molecule has 9 heteroatoms. The molecule has 4 aromatic rings. The first-order valence-electron chi connectivity index (χ1n) is 10.1. The third kappa shape index (κ3) is 5.83. The number of amides is 1. The summed E-state index contributed by atoms with van der Waals surface area (Å²) < 4.78 is 20.9. The van der Waals surface area contributed by atoms with Crippen LogP contribution in [0.15, 0.2) is 66.9 Å². The Kier molecular flexibility index (Phi) is 7.11. The van der Waals surface area contributed by atoms with E-state index in [2.05, 4.69) is 19.7 Å². The number of hydrogen-bond acceptors (Lipinski definition) is 8. The monoisotopic (exact) mass is 462 g/mol. The molecular weight excluding hydrogens is 440 g/mol. The minimum absolute atomic E-state index is 0.246. The maximum absolute atomic E-state index is 12.6. The van der Waals surface area contributed by atoms with Crippen LogP contribution in [0.2, 0.25) is 0 Å². The number of pyridine rings is 1. The van der Waals surface area contributed by atoms with Crippen molar-refractivity contribution in [2.45, 2.75) is 13.0 Å². The average Bonchev–Trinajstić information content (AvgIpc) is 3.29. The van der Waals surface area contributed by atoms with Gasteiger partial charge in [-0.15, -0.1) is 0 Å². The van der Waals surface area contributed by atoms with Crippen LogP contribution in [0, 0.1) is 0 Å². The Labute approximate surface area is 195 Å². The number of nitrogens with one attached hydrogen (secondary N) is 1. The molecule has 0 fully saturated rings. The smallest absolute Gasteiger partial charge is 0.298 e. The molecule has 8 nitrogen and oxygen atoms in total. The van der Waals surface area contributed by atoms with Crippen molar-refractivity contribution in [3.05, 3.63) is 89.5 Å². The second-order valence-corrected chi connectivity index (χ2v) is 7.69. The summed E-state index contributed by atoms with van der Waals surface area (Å²) in [5, 5.41) is 3.21. The van der Waals surface area contributed by atoms with Gasteiger partial charge in [0.1, 0.15) is 5.75 Å². The predicted octanol–water partition coefficient (Wildman–Crippen LogP) is 4.26. The summed E-state index contributed by atoms with van der Waals surface area (Å²) in [4.78, 5) is 21.3. The lowest BCUT2D eigenvalue weighted by molar-refractivity contribution is 0.0950. The molecule has 0 aliphatic rings. The van der Waals surface area contributed by atoms with E-state index in [0.717, 1.165) is 28.5 Å². The predicted molar refractivity (Wildman–Crippen MR) is 124 cm³/mol. The molecule has 0 saturated heterocycles. The van der Waals surface area contributed by atoms with Crippen molar-refractivity contribution in [1.82, 2.24) is 19.7 Å². The number of carbonyl (C=O) groups excluding carboxylic acids is 1. The molecule has 168 valence electrons. The van der Waals surface area contributed by atoms with Crippen LogP contribution in [0.4, 0.5) is 0 Å². The Morgan fingerprint density at radius 3 is 2.70 bits per heavy atom. The molecule has 0 radical (unpaired) electrons. The second-order valence-electron chi connectivity index (χ2n) is 6.98. The van der Waals surface area contributed by atoms with E-state index >= 15 is 0 Å². The van der Waals surface area contributed by atoms with Crippen LogP contribution in [0.3, 0.4) is 0 Å². The number of rotatable bonds is 9. The fourth-order valence-corrected chi connectivity index (χ4v) is 3.65. The zero-order valence-corrected chi connectivity index (χ0v) is 19.0. The first-order valence-corrected chi connectivity index (χ1v) is 10.9. The van der Waals surface area contributed by atoms with Crippen molar-refractivity contribution in [3.63, 3.8) is 0 Å². The number of hydrogen-bond donors (Lipinski definition) is 1. The molecule has 1 amide bonds. The third-order valence-corrected chi connectivity index (χ3v) is 5.36. The second kappa shape index (κ2) is 10.6. The van der Waals surface area contributed by atoms with Crippen molar-refractivity contribution in [2.75, 3.05) is 14.2 Å². The van der Waals surface area contributed by atoms with Crippen molar-refractivity contribution in [2.24, 2.45) is 0 Å². The largest absolute Gasteiger partial charge is 0.497 e. The standard InChI is InChI=1S/C24H22N4O4S/c1-30-19-8-5-6-16(12-19)13-22-27-24(33-28-22)32-21-14-17(9-10-20(21)31-2)23(29)26-15-18-7-3-4-11-25-18/h3-12,14H,13,15H2,1-2H3,(H,26,29). The van der Waals surface area contributed by atoms with E-state index in [9.17, 15) is 4.79 Å². The van der Waals surface area contributed by atoms with Gasteiger partial charge in [0.2, 0.25) is 0 Å². The van der Waals surface area contributed by atoms with Gasteiger partial charge in [-0.1, -0.05) is 18.2 Å². The Bertz CT molecular complexity index is 1230. The SMILES string of the molecule is COc1cccc(Cc2nsc(Oc3cc(C(=O)NCc4ccccn4)ccc3OC)n2)c1. The molecule has 0 saturated carbocycles. The average molecular weight is 463 g/mol. The van der Waals surface area contributed by atoms with Gasteiger partial charge in [0.05, 0.1) is 26.5 Å². The van der Waals surface area contributed by atoms with Crippen LogP contribution in [-0.2, 0) is 13.0 Å². The van der Waals surface area contributed by atoms with Gasteiger partial charge in [-0.2, -0.15) is 9.36 Å². The van der Waals surface area contributed by atoms with E-state index in [4.69, 9.17) is 14.2 Å². The quantitative estimate of drug-likeness (QED) is 0.397. The fourth-order valence-electron chi connectivity index (χ4n) is 3.08. The number of carbonyl (C=O) groups is 1. The first-order chi connectivity index (χ1) is 16.1. The Balaban J connectivity index is 1.45.